The number of hydrogen-bond donors (Lipinski definition) is 0. The second-order valence-corrected chi connectivity index (χ2v) is 1.70. The summed E-state index contributed by atoms with van der Waals surface area (Å²) < 4.78 is 0. The average molecular weight is 345 g/mol. The number of hydrogen-bond acceptors (Lipinski definition) is 6. The Kier molecular flexibility index (Phi) is 4.33. The van der Waals surface area contributed by atoms with Crippen molar-refractivity contribution in [3.05, 3.63) is 0 Å². The summed E-state index contributed by atoms with van der Waals surface area (Å²) in [5.74, 6) is 0. The molecule has 0 bridgehead atoms. The molecule has 7 heteroatoms. The van der Waals surface area contributed by atoms with Gasteiger partial charge in [0.2, 0.25) is 0 Å². The monoisotopic (exact) mass is 346 g/mol. The van der Waals surface area contributed by atoms with Crippen molar-refractivity contribution in [2.75, 3.05) is 0 Å². The topological polar surface area (TPSA) is 51.6 Å². The van der Waals surface area contributed by atoms with E-state index in [1.165, 1.54) is 0 Å². The second kappa shape index (κ2) is 4.18. The Morgan fingerprint density at radius 1 is 0.778 bits per heavy atom. The minimum atomic E-state index is 0. The Morgan fingerprint density at radius 3 is 1.22 bits per heavy atom. The molecule has 0 spiro atoms. The van der Waals surface area contributed by atoms with Crippen LogP contribution in [0, 0.1) is 0 Å². The first kappa shape index (κ1) is 9.32. The fraction of sp³-hybridized carbons (Fsp3) is 0. The Morgan fingerprint density at radius 2 is 1.00 bits per heavy atom. The second-order valence-electron chi connectivity index (χ2n) is 0.965. The van der Waals surface area contributed by atoms with Crippen LogP contribution in [0.4, 0.5) is 0 Å². The van der Waals surface area contributed by atoms with E-state index in [0.717, 1.165) is 0 Å². The molecule has 1 heterocycles. The van der Waals surface area contributed by atoms with Gasteiger partial charge < -0.3 is 25.3 Å². The van der Waals surface area contributed by atoms with Crippen molar-refractivity contribution < 1.29 is 27.7 Å². The molecule has 0 radical (unpaired) electrons. The molecule has 0 amide bonds. The van der Waals surface area contributed by atoms with Crippen molar-refractivity contribution >= 4 is 25.3 Å². The van der Waals surface area contributed by atoms with Crippen LogP contribution in [0.3, 0.4) is 0 Å². The van der Waals surface area contributed by atoms with Gasteiger partial charge in [-0.15, -0.1) is 0 Å². The largest absolute Gasteiger partial charge is 2.00 e. The normalized spacial score (nSPS) is 8.00. The fourth-order valence-corrected chi connectivity index (χ4v) is 0.374. The van der Waals surface area contributed by atoms with E-state index < -0.39 is 0 Å². The van der Waals surface area contributed by atoms with Gasteiger partial charge in [0.05, 0.1) is 10.3 Å². The Labute approximate surface area is 83.2 Å². The third kappa shape index (κ3) is 3.12. The van der Waals surface area contributed by atoms with Crippen molar-refractivity contribution in [1.82, 2.24) is 20.4 Å². The van der Waals surface area contributed by atoms with Crippen molar-refractivity contribution in [3.8, 4) is 0 Å². The molecule has 0 saturated heterocycles. The zero-order valence-electron chi connectivity index (χ0n) is 4.31. The Hall–Kier alpha value is 0.315. The molecule has 0 fully saturated rings. The van der Waals surface area contributed by atoms with Crippen molar-refractivity contribution in [1.29, 1.82) is 0 Å². The molecule has 0 aliphatic carbocycles. The first-order chi connectivity index (χ1) is 3.79. The summed E-state index contributed by atoms with van der Waals surface area (Å²) >= 11 is 8.96. The van der Waals surface area contributed by atoms with Crippen molar-refractivity contribution in [2.45, 2.75) is 10.3 Å². The molecule has 1 rings (SSSR count). The summed E-state index contributed by atoms with van der Waals surface area (Å²) in [4.78, 5) is 0. The first-order valence-electron chi connectivity index (χ1n) is 1.70. The van der Waals surface area contributed by atoms with Gasteiger partial charge in [0.1, 0.15) is 0 Å². The molecule has 0 aromatic carbocycles. The molecule has 1 aromatic rings. The van der Waals surface area contributed by atoms with Crippen molar-refractivity contribution in [3.63, 3.8) is 0 Å². The van der Waals surface area contributed by atoms with E-state index >= 15 is 0 Å². The summed E-state index contributed by atoms with van der Waals surface area (Å²) in [5.41, 5.74) is 0. The zero-order chi connectivity index (χ0) is 5.98. The van der Waals surface area contributed by atoms with E-state index in [4.69, 9.17) is 0 Å². The minimum Gasteiger partial charge on any atom is -0.736 e. The smallest absolute Gasteiger partial charge is 0.736 e. The number of rotatable bonds is 0. The molecule has 9 heavy (non-hydrogen) atoms. The Bertz CT molecular complexity index is 155. The van der Waals surface area contributed by atoms with E-state index in [1.807, 2.05) is 0 Å². The molecule has 1 aromatic heterocycles. The maximum Gasteiger partial charge on any atom is 2.00 e. The molecule has 0 unspecified atom stereocenters. The van der Waals surface area contributed by atoms with Crippen LogP contribution in [0.1, 0.15) is 0 Å². The van der Waals surface area contributed by atoms with Gasteiger partial charge in [-0.1, -0.05) is 0 Å². The van der Waals surface area contributed by atoms with E-state index in [2.05, 4.69) is 45.7 Å². The summed E-state index contributed by atoms with van der Waals surface area (Å²) in [6.07, 6.45) is 0. The molecule has 0 atom stereocenters. The molecular formula is C2HgN4S2. The molecule has 4 nitrogen and oxygen atoms in total. The van der Waals surface area contributed by atoms with Crippen LogP contribution in [-0.4, -0.2) is 20.4 Å². The zero-order valence-corrected chi connectivity index (χ0v) is 11.4. The van der Waals surface area contributed by atoms with E-state index in [1.54, 1.807) is 0 Å². The van der Waals surface area contributed by atoms with Crippen LogP contribution < -0.4 is 0 Å². The SMILES string of the molecule is [Hg+2].[S-]c1nnc([S-])nn1. The van der Waals surface area contributed by atoms with Gasteiger partial charge in [0, 0.05) is 0 Å². The predicted octanol–water partition coefficient (Wildman–Crippen LogP) is -0.924. The molecular weight excluding hydrogens is 345 g/mol. The van der Waals surface area contributed by atoms with Gasteiger partial charge in [-0.25, -0.2) is 0 Å². The fourth-order valence-electron chi connectivity index (χ4n) is 0.211. The van der Waals surface area contributed by atoms with Gasteiger partial charge >= 0.3 is 27.7 Å². The maximum absolute atomic E-state index is 4.48. The van der Waals surface area contributed by atoms with Crippen LogP contribution in [0.2, 0.25) is 0 Å². The molecule has 0 aliphatic rings. The molecule has 0 aliphatic heterocycles. The average Bonchev–Trinajstić information content (AvgIpc) is 1.77. The molecule has 42 valence electrons. The van der Waals surface area contributed by atoms with Gasteiger partial charge in [-0.2, -0.15) is 20.4 Å². The first-order valence-corrected chi connectivity index (χ1v) is 2.52. The number of aromatic nitrogens is 4. The van der Waals surface area contributed by atoms with E-state index in [9.17, 15) is 0 Å². The van der Waals surface area contributed by atoms with Gasteiger partial charge in [0.25, 0.3) is 0 Å². The summed E-state index contributed by atoms with van der Waals surface area (Å²) in [6, 6.07) is 0. The summed E-state index contributed by atoms with van der Waals surface area (Å²) in [7, 11) is 0. The quantitative estimate of drug-likeness (QED) is 0.448. The number of nitrogens with zero attached hydrogens (tertiary/aromatic N) is 4. The maximum atomic E-state index is 4.48. The summed E-state index contributed by atoms with van der Waals surface area (Å²) in [6.45, 7) is 0. The van der Waals surface area contributed by atoms with Crippen molar-refractivity contribution in [2.24, 2.45) is 0 Å². The van der Waals surface area contributed by atoms with Crippen LogP contribution in [0.25, 0.3) is 0 Å². The van der Waals surface area contributed by atoms with E-state index in [-0.39, 0.29) is 38.0 Å². The van der Waals surface area contributed by atoms with E-state index in [0.29, 0.717) is 0 Å². The minimum absolute atomic E-state index is 0. The van der Waals surface area contributed by atoms with Crippen LogP contribution >= 0.6 is 0 Å². The van der Waals surface area contributed by atoms with Gasteiger partial charge in [0.15, 0.2) is 0 Å². The van der Waals surface area contributed by atoms with Gasteiger partial charge in [-0.05, 0) is 0 Å². The third-order valence-electron chi connectivity index (χ3n) is 0.442. The molecule has 0 saturated carbocycles. The standard InChI is InChI=1S/C2H2N4S2.Hg/c7-1-3-5-2(8)6-4-1;/h(H,3,4,7)(H,5,6,8);/q;+2/p-2. The van der Waals surface area contributed by atoms with Crippen LogP contribution in [-0.2, 0) is 52.9 Å². The van der Waals surface area contributed by atoms with Gasteiger partial charge in [-0.3, -0.25) is 0 Å². The van der Waals surface area contributed by atoms with Crippen LogP contribution in [0.5, 0.6) is 0 Å². The Balaban J connectivity index is 0.000000640. The molecule has 0 N–H and O–H groups in total. The van der Waals surface area contributed by atoms with Crippen LogP contribution in [0.15, 0.2) is 10.3 Å². The third-order valence-corrected chi connectivity index (χ3v) is 0.769. The predicted molar refractivity (Wildman–Crippen MR) is 28.9 cm³/mol. The summed E-state index contributed by atoms with van der Waals surface area (Å²) in [5, 5.41) is 13.7.